The van der Waals surface area contributed by atoms with Crippen molar-refractivity contribution in [2.45, 2.75) is 37.3 Å². The van der Waals surface area contributed by atoms with Gasteiger partial charge in [0.1, 0.15) is 0 Å². The first-order valence-corrected chi connectivity index (χ1v) is 13.3. The number of hydrogen-bond donors (Lipinski definition) is 0. The van der Waals surface area contributed by atoms with Crippen molar-refractivity contribution in [3.8, 4) is 0 Å². The second-order valence-corrected chi connectivity index (χ2v) is 10.9. The maximum atomic E-state index is 13.1. The zero-order valence-corrected chi connectivity index (χ0v) is 19.9. The number of ether oxygens (including phenoxy) is 1. The first kappa shape index (κ1) is 22.1. The van der Waals surface area contributed by atoms with Crippen molar-refractivity contribution in [2.75, 3.05) is 18.6 Å². The predicted molar refractivity (Wildman–Crippen MR) is 117 cm³/mol. The Morgan fingerprint density at radius 1 is 1.21 bits per heavy atom. The summed E-state index contributed by atoms with van der Waals surface area (Å²) < 4.78 is 4.67. The average molecular weight is 496 g/mol. The van der Waals surface area contributed by atoms with E-state index in [9.17, 15) is 14.4 Å². The second kappa shape index (κ2) is 10.4. The number of carbonyl (C=O) groups is 3. The van der Waals surface area contributed by atoms with Crippen LogP contribution >= 0.6 is 22.9 Å². The van der Waals surface area contributed by atoms with Crippen molar-refractivity contribution in [3.63, 3.8) is 0 Å². The zero-order valence-electron chi connectivity index (χ0n) is 16.2. The van der Waals surface area contributed by atoms with Crippen molar-refractivity contribution in [2.24, 2.45) is 0 Å². The average Bonchev–Trinajstić information content (AvgIpc) is 3.09. The summed E-state index contributed by atoms with van der Waals surface area (Å²) in [5.41, 5.74) is 2.46. The fourth-order valence-electron chi connectivity index (χ4n) is 3.23. The molecule has 5 nitrogen and oxygen atoms in total. The molecule has 154 valence electrons. The number of esters is 1. The van der Waals surface area contributed by atoms with Crippen molar-refractivity contribution in [1.82, 2.24) is 0 Å². The van der Waals surface area contributed by atoms with Crippen LogP contribution in [-0.4, -0.2) is 45.9 Å². The molecule has 1 aromatic heterocycles. The number of hydrogen-bond acceptors (Lipinski definition) is 5. The topological polar surface area (TPSA) is 63.7 Å². The van der Waals surface area contributed by atoms with Gasteiger partial charge >= 0.3 is 186 Å². The Kier molecular flexibility index (Phi) is 7.93. The number of anilines is 1. The third-order valence-electron chi connectivity index (χ3n) is 4.85. The van der Waals surface area contributed by atoms with Gasteiger partial charge in [-0.1, -0.05) is 0 Å². The van der Waals surface area contributed by atoms with Gasteiger partial charge in [-0.3, -0.25) is 0 Å². The van der Waals surface area contributed by atoms with Crippen LogP contribution in [0.25, 0.3) is 0 Å². The van der Waals surface area contributed by atoms with E-state index in [1.54, 1.807) is 23.5 Å². The van der Waals surface area contributed by atoms with Gasteiger partial charge in [0.2, 0.25) is 0 Å². The van der Waals surface area contributed by atoms with Gasteiger partial charge in [0.25, 0.3) is 0 Å². The van der Waals surface area contributed by atoms with Crippen LogP contribution in [0.15, 0.2) is 29.6 Å². The molecule has 0 aliphatic carbocycles. The molecule has 0 saturated heterocycles. The van der Waals surface area contributed by atoms with Crippen LogP contribution in [0, 0.1) is 0 Å². The van der Waals surface area contributed by atoms with Gasteiger partial charge in [-0.15, -0.1) is 0 Å². The van der Waals surface area contributed by atoms with E-state index in [1.165, 1.54) is 12.0 Å². The summed E-state index contributed by atoms with van der Waals surface area (Å²) >= 11 is 7.21. The van der Waals surface area contributed by atoms with Crippen molar-refractivity contribution in [1.29, 1.82) is 0 Å². The van der Waals surface area contributed by atoms with E-state index in [-0.39, 0.29) is 29.3 Å². The molecule has 1 aliphatic rings. The third-order valence-corrected chi connectivity index (χ3v) is 8.70. The number of thiophene rings is 1. The van der Waals surface area contributed by atoms with E-state index in [1.807, 2.05) is 22.4 Å². The number of halogens is 1. The molecule has 29 heavy (non-hydrogen) atoms. The van der Waals surface area contributed by atoms with Gasteiger partial charge in [0.15, 0.2) is 0 Å². The Balaban J connectivity index is 1.64. The molecule has 3 rings (SSSR count). The van der Waals surface area contributed by atoms with E-state index in [4.69, 9.17) is 11.6 Å². The van der Waals surface area contributed by atoms with Crippen LogP contribution in [0.4, 0.5) is 5.69 Å². The summed E-state index contributed by atoms with van der Waals surface area (Å²) in [7, 11) is 1.32. The first-order chi connectivity index (χ1) is 14.0. The monoisotopic (exact) mass is 495 g/mol. The van der Waals surface area contributed by atoms with Crippen LogP contribution < -0.4 is 4.90 Å². The molecule has 0 N–H and O–H groups in total. The quantitative estimate of drug-likeness (QED) is 0.433. The minimum atomic E-state index is -0.912. The standard InChI is InChI=1S/C21H23AsClNO4S/c1-28-20(26)8-7-19(25)22-13-15-6-5-14(12-16(15)23)21(27)24-10-3-2-4-18-17(24)9-11-29-18/h5-6,9,11-12,22H,2-4,7-8,10,13H2,1H3. The Morgan fingerprint density at radius 3 is 2.79 bits per heavy atom. The predicted octanol–water partition coefficient (Wildman–Crippen LogP) is 3.80. The summed E-state index contributed by atoms with van der Waals surface area (Å²) in [5, 5.41) is 3.15. The number of nitrogens with zero attached hydrogens (tertiary/aromatic N) is 1. The van der Waals surface area contributed by atoms with Gasteiger partial charge in [0.05, 0.1) is 0 Å². The number of fused-ring (bicyclic) bond motifs is 1. The molecule has 1 unspecified atom stereocenters. The maximum absolute atomic E-state index is 13.1. The van der Waals surface area contributed by atoms with Crippen LogP contribution in [0.1, 0.15) is 46.5 Å². The molecule has 2 aromatic rings. The van der Waals surface area contributed by atoms with E-state index < -0.39 is 15.8 Å². The summed E-state index contributed by atoms with van der Waals surface area (Å²) in [6.45, 7) is 0.711. The number of benzene rings is 1. The van der Waals surface area contributed by atoms with E-state index in [2.05, 4.69) is 4.74 Å². The third kappa shape index (κ3) is 5.71. The first-order valence-electron chi connectivity index (χ1n) is 9.49. The van der Waals surface area contributed by atoms with Crippen LogP contribution in [0.2, 0.25) is 5.02 Å². The Morgan fingerprint density at radius 2 is 2.03 bits per heavy atom. The molecule has 0 saturated carbocycles. The molecule has 1 aliphatic heterocycles. The minimum absolute atomic E-state index is 0.0369. The molecule has 0 spiro atoms. The molecule has 1 amide bonds. The van der Waals surface area contributed by atoms with Gasteiger partial charge in [-0.2, -0.15) is 0 Å². The number of amides is 1. The molecule has 0 bridgehead atoms. The molecule has 8 heteroatoms. The fraction of sp³-hybridized carbons (Fsp3) is 0.381. The molecule has 1 atom stereocenters. The normalized spacial score (nSPS) is 13.9. The molecular weight excluding hydrogens is 473 g/mol. The Labute approximate surface area is 186 Å². The van der Waals surface area contributed by atoms with Crippen LogP contribution in [0.3, 0.4) is 0 Å². The zero-order chi connectivity index (χ0) is 20.8. The summed E-state index contributed by atoms with van der Waals surface area (Å²) in [5.74, 6) is -0.404. The number of rotatable bonds is 7. The Bertz CT molecular complexity index is 914. The van der Waals surface area contributed by atoms with Crippen molar-refractivity contribution >= 4 is 60.8 Å². The summed E-state index contributed by atoms with van der Waals surface area (Å²) in [6, 6.07) is 7.37. The summed E-state index contributed by atoms with van der Waals surface area (Å²) in [4.78, 5) is 39.4. The molecule has 2 heterocycles. The van der Waals surface area contributed by atoms with E-state index >= 15 is 0 Å². The molecule has 0 radical (unpaired) electrons. The van der Waals surface area contributed by atoms with Gasteiger partial charge < -0.3 is 0 Å². The number of aryl methyl sites for hydroxylation is 1. The molecule has 1 aromatic carbocycles. The Hall–Kier alpha value is -1.62. The SMILES string of the molecule is COC(=O)CCC(=O)[AsH]Cc1ccc(C(=O)N2CCCCc3sccc32)cc1Cl. The molecule has 0 fully saturated rings. The number of methoxy groups -OCH3 is 1. The van der Waals surface area contributed by atoms with Crippen molar-refractivity contribution in [3.05, 3.63) is 50.7 Å². The van der Waals surface area contributed by atoms with Crippen LogP contribution in [0.5, 0.6) is 0 Å². The van der Waals surface area contributed by atoms with Crippen LogP contribution in [-0.2, 0) is 26.0 Å². The van der Waals surface area contributed by atoms with E-state index in [0.717, 1.165) is 30.5 Å². The van der Waals surface area contributed by atoms with Crippen molar-refractivity contribution < 1.29 is 19.1 Å². The second-order valence-electron chi connectivity index (χ2n) is 6.80. The number of carbonyl (C=O) groups excluding carboxylic acids is 3. The van der Waals surface area contributed by atoms with Gasteiger partial charge in [-0.25, -0.2) is 0 Å². The fourth-order valence-corrected chi connectivity index (χ4v) is 6.73. The van der Waals surface area contributed by atoms with Gasteiger partial charge in [0, 0.05) is 0 Å². The van der Waals surface area contributed by atoms with E-state index in [0.29, 0.717) is 22.3 Å². The summed E-state index contributed by atoms with van der Waals surface area (Å²) in [6.07, 6.45) is 3.44. The molecular formula is C21H23AsClNO4S. The van der Waals surface area contributed by atoms with Gasteiger partial charge in [-0.05, 0) is 0 Å².